The molecule has 0 aliphatic carbocycles. The van der Waals surface area contributed by atoms with E-state index in [0.29, 0.717) is 6.42 Å². The maximum atomic E-state index is 11.6. The van der Waals surface area contributed by atoms with Crippen molar-refractivity contribution >= 4 is 20.6 Å². The molecule has 2 heterocycles. The lowest BCUT2D eigenvalue weighted by molar-refractivity contribution is 0.481. The number of pyridine rings is 1. The third kappa shape index (κ3) is 2.35. The standard InChI is InChI=1S/C14H16N2O2S/c15-14(11-5-6-19(17,18)9-11)13-8-16-7-10-3-1-2-4-12(10)13/h1-4,7-8,11,14H,5-6,9,15H2. The normalized spacial score (nSPS) is 23.5. The van der Waals surface area contributed by atoms with E-state index in [9.17, 15) is 8.42 Å². The average Bonchev–Trinajstić information content (AvgIpc) is 2.78. The predicted molar refractivity (Wildman–Crippen MR) is 75.4 cm³/mol. The van der Waals surface area contributed by atoms with Gasteiger partial charge in [0.25, 0.3) is 0 Å². The Bertz CT molecular complexity index is 707. The molecule has 0 spiro atoms. The number of rotatable bonds is 2. The Morgan fingerprint density at radius 1 is 1.26 bits per heavy atom. The summed E-state index contributed by atoms with van der Waals surface area (Å²) in [5.41, 5.74) is 7.23. The van der Waals surface area contributed by atoms with Gasteiger partial charge in [0.2, 0.25) is 0 Å². The summed E-state index contributed by atoms with van der Waals surface area (Å²) in [5.74, 6) is 0.443. The van der Waals surface area contributed by atoms with Gasteiger partial charge in [-0.3, -0.25) is 4.98 Å². The summed E-state index contributed by atoms with van der Waals surface area (Å²) in [6, 6.07) is 7.65. The molecule has 19 heavy (non-hydrogen) atoms. The molecule has 4 nitrogen and oxygen atoms in total. The maximum Gasteiger partial charge on any atom is 0.150 e. The van der Waals surface area contributed by atoms with E-state index in [2.05, 4.69) is 4.98 Å². The fourth-order valence-electron chi connectivity index (χ4n) is 2.77. The van der Waals surface area contributed by atoms with Crippen LogP contribution in [-0.2, 0) is 9.84 Å². The molecule has 0 radical (unpaired) electrons. The number of fused-ring (bicyclic) bond motifs is 1. The fraction of sp³-hybridized carbons (Fsp3) is 0.357. The Morgan fingerprint density at radius 2 is 2.05 bits per heavy atom. The van der Waals surface area contributed by atoms with E-state index in [-0.39, 0.29) is 23.5 Å². The first kappa shape index (κ1) is 12.6. The molecule has 1 fully saturated rings. The van der Waals surface area contributed by atoms with Crippen LogP contribution >= 0.6 is 0 Å². The molecule has 0 amide bonds. The highest BCUT2D eigenvalue weighted by Gasteiger charge is 2.33. The predicted octanol–water partition coefficient (Wildman–Crippen LogP) is 1.67. The third-order valence-electron chi connectivity index (χ3n) is 3.83. The van der Waals surface area contributed by atoms with Crippen molar-refractivity contribution in [3.05, 3.63) is 42.2 Å². The van der Waals surface area contributed by atoms with Crippen LogP contribution in [0.25, 0.3) is 10.8 Å². The molecule has 2 N–H and O–H groups in total. The van der Waals surface area contributed by atoms with Crippen LogP contribution in [0.5, 0.6) is 0 Å². The number of hydrogen-bond donors (Lipinski definition) is 1. The monoisotopic (exact) mass is 276 g/mol. The summed E-state index contributed by atoms with van der Waals surface area (Å²) in [4.78, 5) is 4.21. The second-order valence-corrected chi connectivity index (χ2v) is 7.37. The van der Waals surface area contributed by atoms with Gasteiger partial charge in [-0.25, -0.2) is 8.42 Å². The molecule has 2 aromatic rings. The molecule has 1 aromatic heterocycles. The SMILES string of the molecule is NC(c1cncc2ccccc12)C1CCS(=O)(=O)C1. The Balaban J connectivity index is 2.00. The number of hydrogen-bond acceptors (Lipinski definition) is 4. The molecule has 1 saturated heterocycles. The average molecular weight is 276 g/mol. The number of aromatic nitrogens is 1. The van der Waals surface area contributed by atoms with Crippen molar-refractivity contribution in [1.29, 1.82) is 0 Å². The summed E-state index contributed by atoms with van der Waals surface area (Å²) in [7, 11) is -2.90. The smallest absolute Gasteiger partial charge is 0.150 e. The Kier molecular flexibility index (Phi) is 3.03. The summed E-state index contributed by atoms with van der Waals surface area (Å²) in [6.07, 6.45) is 4.21. The van der Waals surface area contributed by atoms with E-state index in [1.165, 1.54) is 0 Å². The highest BCUT2D eigenvalue weighted by Crippen LogP contribution is 2.32. The number of nitrogens with two attached hydrogens (primary N) is 1. The van der Waals surface area contributed by atoms with E-state index in [1.54, 1.807) is 12.4 Å². The van der Waals surface area contributed by atoms with Gasteiger partial charge < -0.3 is 5.73 Å². The lowest BCUT2D eigenvalue weighted by Gasteiger charge is -2.19. The topological polar surface area (TPSA) is 73.0 Å². The first-order valence-corrected chi connectivity index (χ1v) is 8.17. The molecule has 5 heteroatoms. The van der Waals surface area contributed by atoms with Crippen molar-refractivity contribution in [3.8, 4) is 0 Å². The fourth-order valence-corrected chi connectivity index (χ4v) is 4.62. The minimum Gasteiger partial charge on any atom is -0.324 e. The largest absolute Gasteiger partial charge is 0.324 e. The van der Waals surface area contributed by atoms with Crippen LogP contribution in [0.15, 0.2) is 36.7 Å². The van der Waals surface area contributed by atoms with Gasteiger partial charge in [0, 0.05) is 23.8 Å². The zero-order valence-electron chi connectivity index (χ0n) is 10.5. The van der Waals surface area contributed by atoms with Crippen molar-refractivity contribution in [3.63, 3.8) is 0 Å². The van der Waals surface area contributed by atoms with E-state index in [1.807, 2.05) is 24.3 Å². The van der Waals surface area contributed by atoms with E-state index in [4.69, 9.17) is 5.73 Å². The Morgan fingerprint density at radius 3 is 2.79 bits per heavy atom. The third-order valence-corrected chi connectivity index (χ3v) is 5.63. The second-order valence-electron chi connectivity index (χ2n) is 5.14. The number of benzene rings is 1. The van der Waals surface area contributed by atoms with Gasteiger partial charge in [-0.1, -0.05) is 24.3 Å². The van der Waals surface area contributed by atoms with Crippen LogP contribution in [0.2, 0.25) is 0 Å². The van der Waals surface area contributed by atoms with Crippen molar-refractivity contribution < 1.29 is 8.42 Å². The first-order valence-electron chi connectivity index (χ1n) is 6.35. The minimum atomic E-state index is -2.90. The lowest BCUT2D eigenvalue weighted by Crippen LogP contribution is -2.22. The molecule has 3 rings (SSSR count). The van der Waals surface area contributed by atoms with E-state index in [0.717, 1.165) is 16.3 Å². The van der Waals surface area contributed by atoms with Gasteiger partial charge in [-0.05, 0) is 23.3 Å². The minimum absolute atomic E-state index is 0.00222. The maximum absolute atomic E-state index is 11.6. The molecule has 1 aliphatic rings. The first-order chi connectivity index (χ1) is 9.07. The quantitative estimate of drug-likeness (QED) is 0.905. The molecule has 0 bridgehead atoms. The van der Waals surface area contributed by atoms with E-state index >= 15 is 0 Å². The van der Waals surface area contributed by atoms with Crippen molar-refractivity contribution in [2.75, 3.05) is 11.5 Å². The van der Waals surface area contributed by atoms with Crippen LogP contribution in [0.1, 0.15) is 18.0 Å². The van der Waals surface area contributed by atoms with Gasteiger partial charge in [-0.2, -0.15) is 0 Å². The van der Waals surface area contributed by atoms with Gasteiger partial charge in [-0.15, -0.1) is 0 Å². The Labute approximate surface area is 112 Å². The van der Waals surface area contributed by atoms with Crippen molar-refractivity contribution in [1.82, 2.24) is 4.98 Å². The number of nitrogens with zero attached hydrogens (tertiary/aromatic N) is 1. The summed E-state index contributed by atoms with van der Waals surface area (Å²) in [6.45, 7) is 0. The lowest BCUT2D eigenvalue weighted by atomic mass is 9.91. The molecule has 1 aliphatic heterocycles. The number of sulfone groups is 1. The van der Waals surface area contributed by atoms with Crippen molar-refractivity contribution in [2.24, 2.45) is 11.7 Å². The highest BCUT2D eigenvalue weighted by molar-refractivity contribution is 7.91. The summed E-state index contributed by atoms with van der Waals surface area (Å²) in [5, 5.41) is 2.10. The molecule has 1 aromatic carbocycles. The zero-order valence-corrected chi connectivity index (χ0v) is 11.3. The summed E-state index contributed by atoms with van der Waals surface area (Å²) < 4.78 is 23.1. The van der Waals surface area contributed by atoms with Crippen LogP contribution in [0.4, 0.5) is 0 Å². The second kappa shape index (κ2) is 4.58. The molecule has 2 atom stereocenters. The van der Waals surface area contributed by atoms with Gasteiger partial charge in [0.15, 0.2) is 9.84 Å². The molecular formula is C14H16N2O2S. The molecule has 0 saturated carbocycles. The molecule has 2 unspecified atom stereocenters. The molecule has 100 valence electrons. The Hall–Kier alpha value is -1.46. The van der Waals surface area contributed by atoms with Crippen LogP contribution < -0.4 is 5.73 Å². The van der Waals surface area contributed by atoms with Crippen LogP contribution in [0.3, 0.4) is 0 Å². The van der Waals surface area contributed by atoms with Gasteiger partial charge >= 0.3 is 0 Å². The summed E-state index contributed by atoms with van der Waals surface area (Å²) >= 11 is 0. The van der Waals surface area contributed by atoms with Crippen LogP contribution in [0, 0.1) is 5.92 Å². The van der Waals surface area contributed by atoms with Crippen LogP contribution in [-0.4, -0.2) is 24.9 Å². The van der Waals surface area contributed by atoms with Gasteiger partial charge in [0.1, 0.15) is 0 Å². The van der Waals surface area contributed by atoms with Gasteiger partial charge in [0.05, 0.1) is 11.5 Å². The highest BCUT2D eigenvalue weighted by atomic mass is 32.2. The zero-order chi connectivity index (χ0) is 13.5. The molecular weight excluding hydrogens is 260 g/mol. The van der Waals surface area contributed by atoms with E-state index < -0.39 is 9.84 Å². The van der Waals surface area contributed by atoms with Crippen molar-refractivity contribution in [2.45, 2.75) is 12.5 Å².